The lowest BCUT2D eigenvalue weighted by Gasteiger charge is -2.09. The minimum atomic E-state index is 0.832. The van der Waals surface area contributed by atoms with Gasteiger partial charge < -0.3 is 5.73 Å². The highest BCUT2D eigenvalue weighted by Crippen LogP contribution is 2.25. The van der Waals surface area contributed by atoms with Crippen molar-refractivity contribution in [2.75, 3.05) is 5.73 Å². The zero-order chi connectivity index (χ0) is 8.59. The molecule has 0 atom stereocenters. The fraction of sp³-hybridized carbons (Fsp3) is 0.333. The summed E-state index contributed by atoms with van der Waals surface area (Å²) in [6, 6.07) is 1.90. The van der Waals surface area contributed by atoms with Crippen LogP contribution in [-0.2, 0) is 0 Å². The molecule has 0 aliphatic carbocycles. The van der Waals surface area contributed by atoms with Gasteiger partial charge in [-0.1, -0.05) is 0 Å². The first-order valence-electron chi connectivity index (χ1n) is 3.59. The van der Waals surface area contributed by atoms with E-state index < -0.39 is 0 Å². The third-order valence-corrected chi connectivity index (χ3v) is 2.70. The Labute approximate surface area is 73.0 Å². The zero-order valence-corrected chi connectivity index (χ0v) is 8.00. The molecule has 0 aliphatic rings. The maximum absolute atomic E-state index is 5.74. The Morgan fingerprint density at radius 2 is 1.64 bits per heavy atom. The van der Waals surface area contributed by atoms with Crippen molar-refractivity contribution in [1.82, 2.24) is 0 Å². The van der Waals surface area contributed by atoms with Gasteiger partial charge in [-0.3, -0.25) is 0 Å². The van der Waals surface area contributed by atoms with Gasteiger partial charge in [0.25, 0.3) is 0 Å². The molecule has 11 heavy (non-hydrogen) atoms. The molecular formula is C9H13NS. The lowest BCUT2D eigenvalue weighted by molar-refractivity contribution is 1.19. The minimum Gasteiger partial charge on any atom is -0.398 e. The summed E-state index contributed by atoms with van der Waals surface area (Å²) >= 11 is 4.30. The molecule has 60 valence electrons. The minimum absolute atomic E-state index is 0.832. The van der Waals surface area contributed by atoms with E-state index >= 15 is 0 Å². The molecule has 0 spiro atoms. The average molecular weight is 167 g/mol. The van der Waals surface area contributed by atoms with Gasteiger partial charge in [0.1, 0.15) is 0 Å². The van der Waals surface area contributed by atoms with E-state index in [0.29, 0.717) is 0 Å². The SMILES string of the molecule is Cc1c(N)cc(S)c(C)c1C. The monoisotopic (exact) mass is 167 g/mol. The van der Waals surface area contributed by atoms with Crippen molar-refractivity contribution in [1.29, 1.82) is 0 Å². The first kappa shape index (κ1) is 8.47. The third-order valence-electron chi connectivity index (χ3n) is 2.23. The molecule has 0 amide bonds. The summed E-state index contributed by atoms with van der Waals surface area (Å²) < 4.78 is 0. The summed E-state index contributed by atoms with van der Waals surface area (Å²) in [6.07, 6.45) is 0. The number of benzene rings is 1. The third kappa shape index (κ3) is 1.36. The van der Waals surface area contributed by atoms with Crippen LogP contribution >= 0.6 is 12.6 Å². The van der Waals surface area contributed by atoms with Crippen molar-refractivity contribution < 1.29 is 0 Å². The lowest BCUT2D eigenvalue weighted by atomic mass is 10.0. The van der Waals surface area contributed by atoms with Crippen LogP contribution in [0, 0.1) is 20.8 Å². The molecule has 1 rings (SSSR count). The predicted molar refractivity (Wildman–Crippen MR) is 52.3 cm³/mol. The number of rotatable bonds is 0. The van der Waals surface area contributed by atoms with Crippen LogP contribution in [0.5, 0.6) is 0 Å². The number of hydrogen-bond donors (Lipinski definition) is 2. The van der Waals surface area contributed by atoms with Crippen LogP contribution in [0.4, 0.5) is 5.69 Å². The summed E-state index contributed by atoms with van der Waals surface area (Å²) in [6.45, 7) is 6.16. The van der Waals surface area contributed by atoms with E-state index in [1.54, 1.807) is 0 Å². The molecule has 0 radical (unpaired) electrons. The van der Waals surface area contributed by atoms with Crippen molar-refractivity contribution in [2.45, 2.75) is 25.7 Å². The second kappa shape index (κ2) is 2.78. The highest BCUT2D eigenvalue weighted by Gasteiger charge is 2.03. The fourth-order valence-electron chi connectivity index (χ4n) is 1.05. The summed E-state index contributed by atoms with van der Waals surface area (Å²) in [5, 5.41) is 0. The molecule has 2 heteroatoms. The van der Waals surface area contributed by atoms with E-state index in [4.69, 9.17) is 5.73 Å². The molecule has 1 aromatic carbocycles. The molecular weight excluding hydrogens is 154 g/mol. The van der Waals surface area contributed by atoms with Gasteiger partial charge in [-0.2, -0.15) is 0 Å². The van der Waals surface area contributed by atoms with Gasteiger partial charge in [0.2, 0.25) is 0 Å². The normalized spacial score (nSPS) is 10.2. The largest absolute Gasteiger partial charge is 0.398 e. The van der Waals surface area contributed by atoms with Gasteiger partial charge in [0.05, 0.1) is 0 Å². The van der Waals surface area contributed by atoms with Gasteiger partial charge in [0.15, 0.2) is 0 Å². The zero-order valence-electron chi connectivity index (χ0n) is 7.10. The van der Waals surface area contributed by atoms with Crippen LogP contribution in [0.2, 0.25) is 0 Å². The molecule has 1 aromatic rings. The molecule has 2 N–H and O–H groups in total. The predicted octanol–water partition coefficient (Wildman–Crippen LogP) is 2.48. The van der Waals surface area contributed by atoms with Gasteiger partial charge >= 0.3 is 0 Å². The van der Waals surface area contributed by atoms with E-state index in [1.165, 1.54) is 16.7 Å². The van der Waals surface area contributed by atoms with Crippen molar-refractivity contribution >= 4 is 18.3 Å². The second-order valence-electron chi connectivity index (χ2n) is 2.86. The summed E-state index contributed by atoms with van der Waals surface area (Å²) in [4.78, 5) is 0.977. The van der Waals surface area contributed by atoms with Crippen LogP contribution in [0.1, 0.15) is 16.7 Å². The van der Waals surface area contributed by atoms with E-state index in [9.17, 15) is 0 Å². The van der Waals surface area contributed by atoms with E-state index in [1.807, 2.05) is 13.0 Å². The lowest BCUT2D eigenvalue weighted by Crippen LogP contribution is -1.95. The number of anilines is 1. The molecule has 0 unspecified atom stereocenters. The highest BCUT2D eigenvalue weighted by molar-refractivity contribution is 7.80. The van der Waals surface area contributed by atoms with Crippen molar-refractivity contribution in [3.63, 3.8) is 0 Å². The molecule has 0 heterocycles. The summed E-state index contributed by atoms with van der Waals surface area (Å²) in [7, 11) is 0. The molecule has 0 bridgehead atoms. The van der Waals surface area contributed by atoms with E-state index in [-0.39, 0.29) is 0 Å². The molecule has 0 saturated heterocycles. The Kier molecular flexibility index (Phi) is 2.14. The van der Waals surface area contributed by atoms with Gasteiger partial charge in [-0.05, 0) is 43.5 Å². The standard InChI is InChI=1S/C9H13NS/c1-5-6(2)8(10)4-9(11)7(5)3/h4,11H,10H2,1-3H3. The Morgan fingerprint density at radius 1 is 1.09 bits per heavy atom. The Bertz CT molecular complexity index is 266. The Morgan fingerprint density at radius 3 is 2.18 bits per heavy atom. The van der Waals surface area contributed by atoms with Crippen LogP contribution in [-0.4, -0.2) is 0 Å². The van der Waals surface area contributed by atoms with Crippen LogP contribution in [0.15, 0.2) is 11.0 Å². The smallest absolute Gasteiger partial charge is 0.0357 e. The first-order chi connectivity index (χ1) is 5.04. The van der Waals surface area contributed by atoms with Gasteiger partial charge in [-0.25, -0.2) is 0 Å². The Hall–Kier alpha value is -0.630. The number of hydrogen-bond acceptors (Lipinski definition) is 2. The molecule has 0 fully saturated rings. The molecule has 0 aromatic heterocycles. The quantitative estimate of drug-likeness (QED) is 0.450. The number of thiol groups is 1. The summed E-state index contributed by atoms with van der Waals surface area (Å²) in [5.74, 6) is 0. The van der Waals surface area contributed by atoms with Crippen molar-refractivity contribution in [2.24, 2.45) is 0 Å². The number of nitrogens with two attached hydrogens (primary N) is 1. The van der Waals surface area contributed by atoms with E-state index in [0.717, 1.165) is 10.6 Å². The van der Waals surface area contributed by atoms with Crippen molar-refractivity contribution in [3.05, 3.63) is 22.8 Å². The van der Waals surface area contributed by atoms with Gasteiger partial charge in [-0.15, -0.1) is 12.6 Å². The topological polar surface area (TPSA) is 26.0 Å². The van der Waals surface area contributed by atoms with Crippen LogP contribution in [0.3, 0.4) is 0 Å². The molecule has 0 aliphatic heterocycles. The Balaban J connectivity index is 3.46. The maximum Gasteiger partial charge on any atom is 0.0357 e. The van der Waals surface area contributed by atoms with Crippen LogP contribution in [0.25, 0.3) is 0 Å². The first-order valence-corrected chi connectivity index (χ1v) is 4.04. The van der Waals surface area contributed by atoms with Crippen LogP contribution < -0.4 is 5.73 Å². The molecule has 0 saturated carbocycles. The van der Waals surface area contributed by atoms with Crippen molar-refractivity contribution in [3.8, 4) is 0 Å². The fourth-order valence-corrected chi connectivity index (χ4v) is 1.36. The summed E-state index contributed by atoms with van der Waals surface area (Å²) in [5.41, 5.74) is 10.2. The second-order valence-corrected chi connectivity index (χ2v) is 3.34. The maximum atomic E-state index is 5.74. The molecule has 1 nitrogen and oxygen atoms in total. The highest BCUT2D eigenvalue weighted by atomic mass is 32.1. The van der Waals surface area contributed by atoms with Gasteiger partial charge in [0, 0.05) is 10.6 Å². The van der Waals surface area contributed by atoms with E-state index in [2.05, 4.69) is 26.5 Å². The number of nitrogen functional groups attached to an aromatic ring is 1. The average Bonchev–Trinajstić information content (AvgIpc) is 1.97.